The van der Waals surface area contributed by atoms with Crippen LogP contribution in [0.5, 0.6) is 0 Å². The number of nitrogens with one attached hydrogen (secondary N) is 1. The van der Waals surface area contributed by atoms with Gasteiger partial charge in [-0.2, -0.15) is 11.8 Å². The number of methoxy groups -OCH3 is 1. The van der Waals surface area contributed by atoms with Crippen molar-refractivity contribution in [1.82, 2.24) is 10.3 Å². The second-order valence-electron chi connectivity index (χ2n) is 4.99. The predicted molar refractivity (Wildman–Crippen MR) is 84.3 cm³/mol. The average Bonchev–Trinajstić information content (AvgIpc) is 2.82. The Morgan fingerprint density at radius 3 is 2.68 bits per heavy atom. The number of thiazole rings is 1. The van der Waals surface area contributed by atoms with Gasteiger partial charge in [0.25, 0.3) is 0 Å². The van der Waals surface area contributed by atoms with E-state index >= 15 is 0 Å². The number of aryl methyl sites for hydroxylation is 2. The lowest BCUT2D eigenvalue weighted by Crippen LogP contribution is -2.46. The molecular weight excluding hydrogens is 276 g/mol. The zero-order valence-electron chi connectivity index (χ0n) is 12.1. The molecule has 0 saturated carbocycles. The number of hydrogen-bond acceptors (Lipinski definition) is 5. The summed E-state index contributed by atoms with van der Waals surface area (Å²) < 4.78 is 5.18. The molecule has 1 aromatic heterocycles. The highest BCUT2D eigenvalue weighted by Gasteiger charge is 2.36. The molecule has 0 amide bonds. The lowest BCUT2D eigenvalue weighted by molar-refractivity contribution is 0.179. The van der Waals surface area contributed by atoms with Crippen LogP contribution >= 0.6 is 23.1 Å². The highest BCUT2D eigenvalue weighted by molar-refractivity contribution is 7.99. The maximum absolute atomic E-state index is 5.18. The molecule has 0 bridgehead atoms. The Bertz CT molecular complexity index is 400. The van der Waals surface area contributed by atoms with Gasteiger partial charge in [0.1, 0.15) is 5.01 Å². The van der Waals surface area contributed by atoms with Crippen LogP contribution in [-0.2, 0) is 16.7 Å². The molecule has 0 radical (unpaired) electrons. The third-order valence-corrected chi connectivity index (χ3v) is 5.96. The molecule has 1 aliphatic rings. The third kappa shape index (κ3) is 3.51. The molecule has 2 rings (SSSR count). The van der Waals surface area contributed by atoms with E-state index in [0.717, 1.165) is 19.6 Å². The predicted octanol–water partition coefficient (Wildman–Crippen LogP) is 2.97. The van der Waals surface area contributed by atoms with E-state index in [-0.39, 0.29) is 5.54 Å². The standard InChI is InChI=1S/C14H24N2OS2/c1-4-12-11(2)19-13(16-12)14(15-7-8-17-3)5-9-18-10-6-14/h15H,4-10H2,1-3H3. The van der Waals surface area contributed by atoms with Gasteiger partial charge in [-0.15, -0.1) is 11.3 Å². The minimum absolute atomic E-state index is 0.0899. The average molecular weight is 300 g/mol. The summed E-state index contributed by atoms with van der Waals surface area (Å²) in [6.07, 6.45) is 3.39. The number of thioether (sulfide) groups is 1. The van der Waals surface area contributed by atoms with E-state index in [9.17, 15) is 0 Å². The second-order valence-corrected chi connectivity index (χ2v) is 7.42. The van der Waals surface area contributed by atoms with Crippen LogP contribution in [0.1, 0.15) is 35.3 Å². The van der Waals surface area contributed by atoms with Crippen molar-refractivity contribution in [1.29, 1.82) is 0 Å². The lowest BCUT2D eigenvalue weighted by atomic mass is 9.93. The smallest absolute Gasteiger partial charge is 0.113 e. The Kier molecular flexibility index (Phi) is 5.69. The fourth-order valence-electron chi connectivity index (χ4n) is 2.54. The van der Waals surface area contributed by atoms with E-state index in [1.807, 2.05) is 11.3 Å². The molecule has 3 nitrogen and oxygen atoms in total. The van der Waals surface area contributed by atoms with Gasteiger partial charge in [0.05, 0.1) is 17.8 Å². The van der Waals surface area contributed by atoms with Crippen molar-refractivity contribution in [2.24, 2.45) is 0 Å². The van der Waals surface area contributed by atoms with Gasteiger partial charge in [0.2, 0.25) is 0 Å². The van der Waals surface area contributed by atoms with Gasteiger partial charge in [-0.1, -0.05) is 6.92 Å². The summed E-state index contributed by atoms with van der Waals surface area (Å²) in [4.78, 5) is 6.29. The molecule has 1 aliphatic heterocycles. The molecule has 0 unspecified atom stereocenters. The van der Waals surface area contributed by atoms with Crippen LogP contribution in [0, 0.1) is 6.92 Å². The molecule has 1 fully saturated rings. The summed E-state index contributed by atoms with van der Waals surface area (Å²) in [5.41, 5.74) is 1.36. The normalized spacial score (nSPS) is 18.7. The van der Waals surface area contributed by atoms with Crippen LogP contribution < -0.4 is 5.32 Å². The molecular formula is C14H24N2OS2. The maximum atomic E-state index is 5.18. The summed E-state index contributed by atoms with van der Waals surface area (Å²) in [6.45, 7) is 6.05. The molecule has 0 spiro atoms. The van der Waals surface area contributed by atoms with Crippen LogP contribution in [0.25, 0.3) is 0 Å². The fourth-order valence-corrected chi connectivity index (χ4v) is 4.95. The molecule has 5 heteroatoms. The van der Waals surface area contributed by atoms with E-state index in [1.54, 1.807) is 7.11 Å². The first-order chi connectivity index (χ1) is 9.22. The summed E-state index contributed by atoms with van der Waals surface area (Å²) in [5, 5.41) is 5.02. The van der Waals surface area contributed by atoms with Crippen molar-refractivity contribution < 1.29 is 4.74 Å². The van der Waals surface area contributed by atoms with Gasteiger partial charge in [-0.05, 0) is 37.7 Å². The molecule has 108 valence electrons. The van der Waals surface area contributed by atoms with Crippen molar-refractivity contribution in [3.63, 3.8) is 0 Å². The lowest BCUT2D eigenvalue weighted by Gasteiger charge is -2.36. The Hall–Kier alpha value is -0.100. The van der Waals surface area contributed by atoms with E-state index < -0.39 is 0 Å². The first-order valence-electron chi connectivity index (χ1n) is 7.00. The molecule has 1 aromatic rings. The number of aromatic nitrogens is 1. The van der Waals surface area contributed by atoms with E-state index in [0.29, 0.717) is 0 Å². The fraction of sp³-hybridized carbons (Fsp3) is 0.786. The largest absolute Gasteiger partial charge is 0.383 e. The van der Waals surface area contributed by atoms with Crippen molar-refractivity contribution in [2.45, 2.75) is 38.6 Å². The minimum atomic E-state index is 0.0899. The topological polar surface area (TPSA) is 34.2 Å². The van der Waals surface area contributed by atoms with Crippen molar-refractivity contribution in [2.75, 3.05) is 31.8 Å². The van der Waals surface area contributed by atoms with Gasteiger partial charge in [0, 0.05) is 18.5 Å². The number of rotatable bonds is 6. The number of nitrogens with zero attached hydrogens (tertiary/aromatic N) is 1. The molecule has 0 aromatic carbocycles. The summed E-state index contributed by atoms with van der Waals surface area (Å²) in [6, 6.07) is 0. The van der Waals surface area contributed by atoms with Crippen molar-refractivity contribution in [3.05, 3.63) is 15.6 Å². The molecule has 19 heavy (non-hydrogen) atoms. The van der Waals surface area contributed by atoms with Crippen LogP contribution in [0.2, 0.25) is 0 Å². The molecule has 2 heterocycles. The minimum Gasteiger partial charge on any atom is -0.383 e. The quantitative estimate of drug-likeness (QED) is 0.819. The Balaban J connectivity index is 2.19. The van der Waals surface area contributed by atoms with Crippen molar-refractivity contribution in [3.8, 4) is 0 Å². The Labute approximate surface area is 124 Å². The Morgan fingerprint density at radius 1 is 1.37 bits per heavy atom. The van der Waals surface area contributed by atoms with Crippen LogP contribution in [-0.4, -0.2) is 36.8 Å². The van der Waals surface area contributed by atoms with Crippen LogP contribution in [0.4, 0.5) is 0 Å². The first-order valence-corrected chi connectivity index (χ1v) is 8.97. The molecule has 1 N–H and O–H groups in total. The number of ether oxygens (including phenoxy) is 1. The van der Waals surface area contributed by atoms with Crippen molar-refractivity contribution >= 4 is 23.1 Å². The number of hydrogen-bond donors (Lipinski definition) is 1. The SMILES string of the molecule is CCc1nc(C2(NCCOC)CCSCC2)sc1C. The van der Waals surface area contributed by atoms with E-state index in [4.69, 9.17) is 9.72 Å². The Morgan fingerprint density at radius 2 is 2.11 bits per heavy atom. The maximum Gasteiger partial charge on any atom is 0.113 e. The monoisotopic (exact) mass is 300 g/mol. The van der Waals surface area contributed by atoms with Gasteiger partial charge in [0.15, 0.2) is 0 Å². The van der Waals surface area contributed by atoms with E-state index in [1.165, 1.54) is 39.9 Å². The molecule has 1 saturated heterocycles. The highest BCUT2D eigenvalue weighted by Crippen LogP contribution is 2.38. The van der Waals surface area contributed by atoms with E-state index in [2.05, 4.69) is 30.9 Å². The zero-order valence-corrected chi connectivity index (χ0v) is 13.8. The van der Waals surface area contributed by atoms with Gasteiger partial charge in [-0.25, -0.2) is 4.98 Å². The first kappa shape index (κ1) is 15.3. The third-order valence-electron chi connectivity index (χ3n) is 3.75. The van der Waals surface area contributed by atoms with Gasteiger partial charge in [-0.3, -0.25) is 0 Å². The second kappa shape index (κ2) is 7.07. The van der Waals surface area contributed by atoms with Crippen LogP contribution in [0.15, 0.2) is 0 Å². The molecule has 0 aliphatic carbocycles. The highest BCUT2D eigenvalue weighted by atomic mass is 32.2. The summed E-state index contributed by atoms with van der Waals surface area (Å²) in [5.74, 6) is 2.44. The van der Waals surface area contributed by atoms with Gasteiger partial charge >= 0.3 is 0 Å². The van der Waals surface area contributed by atoms with Crippen LogP contribution in [0.3, 0.4) is 0 Å². The summed E-state index contributed by atoms with van der Waals surface area (Å²) in [7, 11) is 1.76. The van der Waals surface area contributed by atoms with Gasteiger partial charge < -0.3 is 10.1 Å². The summed E-state index contributed by atoms with van der Waals surface area (Å²) >= 11 is 3.93. The molecule has 0 atom stereocenters. The zero-order chi connectivity index (χ0) is 13.7.